The van der Waals surface area contributed by atoms with Gasteiger partial charge in [0.15, 0.2) is 0 Å². The number of aryl methyl sites for hydroxylation is 1. The summed E-state index contributed by atoms with van der Waals surface area (Å²) in [6.07, 6.45) is 12.9. The fraction of sp³-hybridized carbons (Fsp3) is 0.304. The number of hydrogen-bond donors (Lipinski definition) is 0. The number of nitrogens with zero attached hydrogens (tertiary/aromatic N) is 4. The summed E-state index contributed by atoms with van der Waals surface area (Å²) in [6.45, 7) is 1.98. The minimum Gasteiger partial charge on any atom is -0.296 e. The van der Waals surface area contributed by atoms with Crippen LogP contribution < -0.4 is 5.56 Å². The van der Waals surface area contributed by atoms with Gasteiger partial charge in [0.2, 0.25) is 0 Å². The molecule has 29 heavy (non-hydrogen) atoms. The first-order valence-corrected chi connectivity index (χ1v) is 10.3. The quantitative estimate of drug-likeness (QED) is 0.309. The van der Waals surface area contributed by atoms with Gasteiger partial charge in [-0.1, -0.05) is 43.0 Å². The molecule has 1 aliphatic carbocycles. The van der Waals surface area contributed by atoms with Gasteiger partial charge in [-0.15, -0.1) is 0 Å². The topological polar surface area (TPSA) is 60.7 Å². The summed E-state index contributed by atoms with van der Waals surface area (Å²) < 4.78 is 1.84. The van der Waals surface area contributed by atoms with Crippen LogP contribution in [-0.4, -0.2) is 19.5 Å². The number of benzene rings is 1. The van der Waals surface area contributed by atoms with Crippen molar-refractivity contribution >= 4 is 33.3 Å². The van der Waals surface area contributed by atoms with Crippen LogP contribution in [0.5, 0.6) is 0 Å². The average Bonchev–Trinajstić information content (AvgIpc) is 2.77. The summed E-state index contributed by atoms with van der Waals surface area (Å²) in [6, 6.07) is 9.78. The van der Waals surface area contributed by atoms with Crippen LogP contribution in [0, 0.1) is 6.92 Å². The molecule has 0 unspecified atom stereocenters. The average molecular weight is 407 g/mol. The first-order valence-electron chi connectivity index (χ1n) is 9.95. The van der Waals surface area contributed by atoms with Crippen LogP contribution in [-0.2, 0) is 0 Å². The van der Waals surface area contributed by atoms with E-state index in [4.69, 9.17) is 11.6 Å². The van der Waals surface area contributed by atoms with Gasteiger partial charge < -0.3 is 0 Å². The van der Waals surface area contributed by atoms with Crippen molar-refractivity contribution in [3.05, 3.63) is 76.3 Å². The maximum absolute atomic E-state index is 12.8. The SMILES string of the molecule is Cc1ccc(Cl)nc1.O=c1c2ccc3cnccc3c2ncn1C1CCCCC1. The molecule has 4 aromatic rings. The lowest BCUT2D eigenvalue weighted by atomic mass is 9.95. The highest BCUT2D eigenvalue weighted by Crippen LogP contribution is 2.27. The Morgan fingerprint density at radius 1 is 0.966 bits per heavy atom. The standard InChI is InChI=1S/C17H17N3O.C6H6ClN/c21-17-15-7-6-12-10-18-9-8-14(12)16(15)19-11-20(17)13-4-2-1-3-5-13;1-5-2-3-6(7)8-4-5/h6-11,13H,1-5H2;2-4H,1H3. The molecule has 1 aliphatic rings. The zero-order valence-corrected chi connectivity index (χ0v) is 17.1. The van der Waals surface area contributed by atoms with E-state index >= 15 is 0 Å². The molecular formula is C23H23ClN4O. The molecule has 0 bridgehead atoms. The smallest absolute Gasteiger partial charge is 0.261 e. The van der Waals surface area contributed by atoms with E-state index in [1.165, 1.54) is 19.3 Å². The predicted molar refractivity (Wildman–Crippen MR) is 117 cm³/mol. The number of pyridine rings is 2. The third kappa shape index (κ3) is 4.30. The molecule has 5 rings (SSSR count). The highest BCUT2D eigenvalue weighted by atomic mass is 35.5. The Labute approximate surface area is 174 Å². The third-order valence-corrected chi connectivity index (χ3v) is 5.63. The van der Waals surface area contributed by atoms with Crippen molar-refractivity contribution in [3.63, 3.8) is 0 Å². The molecule has 0 atom stereocenters. The normalized spacial score (nSPS) is 14.6. The Morgan fingerprint density at radius 3 is 2.52 bits per heavy atom. The lowest BCUT2D eigenvalue weighted by Crippen LogP contribution is -2.26. The van der Waals surface area contributed by atoms with Crippen molar-refractivity contribution in [3.8, 4) is 0 Å². The lowest BCUT2D eigenvalue weighted by Gasteiger charge is -2.23. The van der Waals surface area contributed by atoms with Gasteiger partial charge in [-0.3, -0.25) is 14.3 Å². The van der Waals surface area contributed by atoms with E-state index in [0.717, 1.165) is 34.7 Å². The Hall–Kier alpha value is -2.79. The summed E-state index contributed by atoms with van der Waals surface area (Å²) in [5.74, 6) is 0. The molecule has 0 saturated heterocycles. The van der Waals surface area contributed by atoms with Crippen LogP contribution in [0.25, 0.3) is 21.7 Å². The zero-order valence-electron chi connectivity index (χ0n) is 16.4. The fourth-order valence-electron chi connectivity index (χ4n) is 3.84. The molecule has 0 N–H and O–H groups in total. The van der Waals surface area contributed by atoms with Gasteiger partial charge in [-0.2, -0.15) is 0 Å². The van der Waals surface area contributed by atoms with Crippen LogP contribution in [0.1, 0.15) is 43.7 Å². The molecule has 0 amide bonds. The van der Waals surface area contributed by atoms with Gasteiger partial charge >= 0.3 is 0 Å². The van der Waals surface area contributed by atoms with Crippen LogP contribution in [0.2, 0.25) is 5.15 Å². The van der Waals surface area contributed by atoms with Gasteiger partial charge in [0, 0.05) is 35.4 Å². The van der Waals surface area contributed by atoms with E-state index < -0.39 is 0 Å². The second-order valence-corrected chi connectivity index (χ2v) is 7.85. The summed E-state index contributed by atoms with van der Waals surface area (Å²) in [4.78, 5) is 25.3. The van der Waals surface area contributed by atoms with E-state index in [2.05, 4.69) is 15.0 Å². The van der Waals surface area contributed by atoms with E-state index in [-0.39, 0.29) is 5.56 Å². The molecule has 1 aromatic carbocycles. The minimum absolute atomic E-state index is 0.0885. The molecule has 0 aliphatic heterocycles. The summed E-state index contributed by atoms with van der Waals surface area (Å²) in [5, 5.41) is 3.28. The van der Waals surface area contributed by atoms with Gasteiger partial charge in [0.1, 0.15) is 5.15 Å². The molecule has 1 saturated carbocycles. The van der Waals surface area contributed by atoms with Crippen LogP contribution in [0.4, 0.5) is 0 Å². The van der Waals surface area contributed by atoms with Crippen LogP contribution in [0.3, 0.4) is 0 Å². The molecule has 0 radical (unpaired) electrons. The van der Waals surface area contributed by atoms with E-state index in [9.17, 15) is 4.79 Å². The van der Waals surface area contributed by atoms with Crippen molar-refractivity contribution in [2.24, 2.45) is 0 Å². The number of aromatic nitrogens is 4. The van der Waals surface area contributed by atoms with Gasteiger partial charge in [-0.25, -0.2) is 9.97 Å². The van der Waals surface area contributed by atoms with Crippen LogP contribution >= 0.6 is 11.6 Å². The molecule has 1 fully saturated rings. The molecule has 5 nitrogen and oxygen atoms in total. The first kappa shape index (κ1) is 19.5. The van der Waals surface area contributed by atoms with E-state index in [1.54, 1.807) is 24.8 Å². The summed E-state index contributed by atoms with van der Waals surface area (Å²) in [5.41, 5.74) is 2.01. The molecule has 148 valence electrons. The van der Waals surface area contributed by atoms with Crippen molar-refractivity contribution in [2.75, 3.05) is 0 Å². The Morgan fingerprint density at radius 2 is 1.79 bits per heavy atom. The van der Waals surface area contributed by atoms with E-state index in [1.807, 2.05) is 42.0 Å². The molecule has 6 heteroatoms. The highest BCUT2D eigenvalue weighted by molar-refractivity contribution is 6.29. The molecular weight excluding hydrogens is 384 g/mol. The van der Waals surface area contributed by atoms with E-state index in [0.29, 0.717) is 16.6 Å². The maximum Gasteiger partial charge on any atom is 0.261 e. The van der Waals surface area contributed by atoms with Gasteiger partial charge in [-0.05, 0) is 43.5 Å². The second-order valence-electron chi connectivity index (χ2n) is 7.47. The monoisotopic (exact) mass is 406 g/mol. The zero-order chi connectivity index (χ0) is 20.2. The summed E-state index contributed by atoms with van der Waals surface area (Å²) in [7, 11) is 0. The number of hydrogen-bond acceptors (Lipinski definition) is 4. The molecule has 0 spiro atoms. The summed E-state index contributed by atoms with van der Waals surface area (Å²) >= 11 is 5.50. The Kier molecular flexibility index (Phi) is 5.86. The number of halogens is 1. The van der Waals surface area contributed by atoms with Gasteiger partial charge in [0.05, 0.1) is 17.2 Å². The van der Waals surface area contributed by atoms with Crippen molar-refractivity contribution < 1.29 is 0 Å². The third-order valence-electron chi connectivity index (χ3n) is 5.41. The Bertz CT molecular complexity index is 1160. The predicted octanol–water partition coefficient (Wildman–Crippen LogP) is 5.49. The second kappa shape index (κ2) is 8.70. The number of rotatable bonds is 1. The first-order chi connectivity index (χ1) is 14.1. The highest BCUT2D eigenvalue weighted by Gasteiger charge is 2.18. The lowest BCUT2D eigenvalue weighted by molar-refractivity contribution is 0.345. The maximum atomic E-state index is 12.8. The largest absolute Gasteiger partial charge is 0.296 e. The Balaban J connectivity index is 0.000000216. The molecule has 3 aromatic heterocycles. The van der Waals surface area contributed by atoms with Crippen molar-refractivity contribution in [2.45, 2.75) is 45.1 Å². The fourth-order valence-corrected chi connectivity index (χ4v) is 3.96. The minimum atomic E-state index is 0.0885. The number of fused-ring (bicyclic) bond motifs is 3. The van der Waals surface area contributed by atoms with Crippen molar-refractivity contribution in [1.82, 2.24) is 19.5 Å². The van der Waals surface area contributed by atoms with Crippen LogP contribution in [0.15, 0.2) is 60.0 Å². The van der Waals surface area contributed by atoms with Crippen molar-refractivity contribution in [1.29, 1.82) is 0 Å². The molecule has 3 heterocycles. The van der Waals surface area contributed by atoms with Gasteiger partial charge in [0.25, 0.3) is 5.56 Å².